The van der Waals surface area contributed by atoms with E-state index in [1.165, 1.54) is 6.07 Å². The number of nitrogens with zero attached hydrogens (tertiary/aromatic N) is 2. The Bertz CT molecular complexity index is 699. The van der Waals surface area contributed by atoms with E-state index in [-0.39, 0.29) is 11.7 Å². The lowest BCUT2D eigenvalue weighted by atomic mass is 9.87. The molecule has 0 radical (unpaired) electrons. The predicted octanol–water partition coefficient (Wildman–Crippen LogP) is 2.22. The van der Waals surface area contributed by atoms with Crippen LogP contribution in [0.25, 0.3) is 0 Å². The van der Waals surface area contributed by atoms with E-state index in [2.05, 4.69) is 31.7 Å². The fourth-order valence-corrected chi connectivity index (χ4v) is 3.53. The van der Waals surface area contributed by atoms with Crippen molar-refractivity contribution in [3.8, 4) is 0 Å². The van der Waals surface area contributed by atoms with Crippen molar-refractivity contribution in [2.24, 2.45) is 0 Å². The molecule has 0 spiro atoms. The average Bonchev–Trinajstić information content (AvgIpc) is 3.13. The highest BCUT2D eigenvalue weighted by Gasteiger charge is 2.41. The second kappa shape index (κ2) is 7.44. The molecule has 2 aromatic rings. The summed E-state index contributed by atoms with van der Waals surface area (Å²) in [6.07, 6.45) is 5.62. The summed E-state index contributed by atoms with van der Waals surface area (Å²) in [6, 6.07) is 6.75. The normalized spacial score (nSPS) is 16.8. The maximum absolute atomic E-state index is 13.3. The molecule has 1 fully saturated rings. The van der Waals surface area contributed by atoms with Gasteiger partial charge in [0.25, 0.3) is 0 Å². The van der Waals surface area contributed by atoms with E-state index in [0.717, 1.165) is 18.7 Å². The topological polar surface area (TPSA) is 59.0 Å². The minimum Gasteiger partial charge on any atom is -0.354 e. The van der Waals surface area contributed by atoms with E-state index in [1.807, 2.05) is 12.3 Å². The van der Waals surface area contributed by atoms with Crippen molar-refractivity contribution in [2.45, 2.75) is 24.8 Å². The summed E-state index contributed by atoms with van der Waals surface area (Å²) in [5.41, 5.74) is 0.347. The Kier molecular flexibility index (Phi) is 5.30. The second-order valence-corrected chi connectivity index (χ2v) is 6.84. The minimum atomic E-state index is -0.627. The molecular weight excluding hydrogens is 375 g/mol. The smallest absolute Gasteiger partial charge is 0.248 e. The van der Waals surface area contributed by atoms with E-state index >= 15 is 0 Å². The molecule has 1 aromatic carbocycles. The standard InChI is InChI=1S/C17H20BrFN4O/c18-14-12-13(2-3-15(14)19)4-8-21-16(24)17(5-9-20-10-6-17)23-11-1-7-22-23/h1-3,7,11-12,20H,4-6,8-10H2,(H,21,24). The van der Waals surface area contributed by atoms with Crippen LogP contribution in [0.4, 0.5) is 4.39 Å². The first-order valence-electron chi connectivity index (χ1n) is 8.05. The van der Waals surface area contributed by atoms with Crippen molar-refractivity contribution in [1.29, 1.82) is 0 Å². The van der Waals surface area contributed by atoms with Crippen LogP contribution in [-0.4, -0.2) is 35.3 Å². The van der Waals surface area contributed by atoms with Crippen LogP contribution in [0.15, 0.2) is 41.1 Å². The molecule has 0 unspecified atom stereocenters. The summed E-state index contributed by atoms with van der Waals surface area (Å²) in [7, 11) is 0. The number of piperidine rings is 1. The van der Waals surface area contributed by atoms with Crippen LogP contribution in [0, 0.1) is 5.82 Å². The third-order valence-electron chi connectivity index (χ3n) is 4.48. The molecule has 0 aliphatic carbocycles. The second-order valence-electron chi connectivity index (χ2n) is 5.99. The zero-order valence-corrected chi connectivity index (χ0v) is 14.9. The Labute approximate surface area is 148 Å². The highest BCUT2D eigenvalue weighted by atomic mass is 79.9. The number of rotatable bonds is 5. The van der Waals surface area contributed by atoms with E-state index in [0.29, 0.717) is 30.3 Å². The van der Waals surface area contributed by atoms with Crippen LogP contribution in [0.3, 0.4) is 0 Å². The molecular formula is C17H20BrFN4O. The number of hydrogen-bond donors (Lipinski definition) is 2. The Morgan fingerprint density at radius 2 is 2.21 bits per heavy atom. The van der Waals surface area contributed by atoms with Crippen LogP contribution in [0.5, 0.6) is 0 Å². The van der Waals surface area contributed by atoms with E-state index < -0.39 is 5.54 Å². The van der Waals surface area contributed by atoms with Crippen molar-refractivity contribution in [1.82, 2.24) is 20.4 Å². The van der Waals surface area contributed by atoms with Gasteiger partial charge < -0.3 is 10.6 Å². The number of carbonyl (C=O) groups is 1. The fraction of sp³-hybridized carbons (Fsp3) is 0.412. The third kappa shape index (κ3) is 3.52. The van der Waals surface area contributed by atoms with Gasteiger partial charge in [0.2, 0.25) is 5.91 Å². The Morgan fingerprint density at radius 3 is 2.88 bits per heavy atom. The summed E-state index contributed by atoms with van der Waals surface area (Å²) in [5, 5.41) is 10.6. The Morgan fingerprint density at radius 1 is 1.42 bits per heavy atom. The highest BCUT2D eigenvalue weighted by Crippen LogP contribution is 2.27. The molecule has 0 atom stereocenters. The van der Waals surface area contributed by atoms with E-state index in [9.17, 15) is 9.18 Å². The van der Waals surface area contributed by atoms with Crippen LogP contribution in [-0.2, 0) is 16.8 Å². The highest BCUT2D eigenvalue weighted by molar-refractivity contribution is 9.10. The SMILES string of the molecule is O=C(NCCc1ccc(F)c(Br)c1)C1(n2cccn2)CCNCC1. The average molecular weight is 395 g/mol. The van der Waals surface area contributed by atoms with Crippen LogP contribution in [0.1, 0.15) is 18.4 Å². The van der Waals surface area contributed by atoms with E-state index in [1.54, 1.807) is 23.0 Å². The molecule has 5 nitrogen and oxygen atoms in total. The van der Waals surface area contributed by atoms with Crippen molar-refractivity contribution >= 4 is 21.8 Å². The van der Waals surface area contributed by atoms with Gasteiger partial charge >= 0.3 is 0 Å². The number of hydrogen-bond acceptors (Lipinski definition) is 3. The van der Waals surface area contributed by atoms with Gasteiger partial charge in [0.15, 0.2) is 0 Å². The van der Waals surface area contributed by atoms with Crippen molar-refractivity contribution < 1.29 is 9.18 Å². The monoisotopic (exact) mass is 394 g/mol. The van der Waals surface area contributed by atoms with Gasteiger partial charge in [-0.25, -0.2) is 4.39 Å². The molecule has 128 valence electrons. The van der Waals surface area contributed by atoms with Crippen LogP contribution < -0.4 is 10.6 Å². The molecule has 0 saturated carbocycles. The number of nitrogens with one attached hydrogen (secondary N) is 2. The van der Waals surface area contributed by atoms with Gasteiger partial charge in [-0.1, -0.05) is 6.07 Å². The van der Waals surface area contributed by atoms with E-state index in [4.69, 9.17) is 0 Å². The quantitative estimate of drug-likeness (QED) is 0.817. The third-order valence-corrected chi connectivity index (χ3v) is 5.09. The van der Waals surface area contributed by atoms with Crippen LogP contribution >= 0.6 is 15.9 Å². The molecule has 1 aromatic heterocycles. The summed E-state index contributed by atoms with van der Waals surface area (Å²) in [4.78, 5) is 12.9. The summed E-state index contributed by atoms with van der Waals surface area (Å²) in [6.45, 7) is 2.09. The molecule has 7 heteroatoms. The number of halogens is 2. The molecule has 1 saturated heterocycles. The molecule has 1 amide bonds. The molecule has 2 heterocycles. The van der Waals surface area contributed by atoms with Crippen molar-refractivity contribution in [3.63, 3.8) is 0 Å². The molecule has 3 rings (SSSR count). The minimum absolute atomic E-state index is 0.00567. The zero-order valence-electron chi connectivity index (χ0n) is 13.3. The van der Waals surface area contributed by atoms with Gasteiger partial charge in [-0.2, -0.15) is 5.10 Å². The summed E-state index contributed by atoms with van der Waals surface area (Å²) >= 11 is 3.18. The molecule has 1 aliphatic heterocycles. The molecule has 0 bridgehead atoms. The van der Waals surface area contributed by atoms with Gasteiger partial charge in [0, 0.05) is 18.9 Å². The number of benzene rings is 1. The lowest BCUT2D eigenvalue weighted by molar-refractivity contribution is -0.131. The predicted molar refractivity (Wildman–Crippen MR) is 93.1 cm³/mol. The first-order valence-corrected chi connectivity index (χ1v) is 8.84. The maximum atomic E-state index is 13.3. The van der Waals surface area contributed by atoms with Crippen molar-refractivity contribution in [2.75, 3.05) is 19.6 Å². The van der Waals surface area contributed by atoms with Gasteiger partial charge in [0.05, 0.1) is 4.47 Å². The first-order chi connectivity index (χ1) is 11.6. The number of carbonyl (C=O) groups excluding carboxylic acids is 1. The van der Waals surface area contributed by atoms with Crippen molar-refractivity contribution in [3.05, 3.63) is 52.5 Å². The number of aromatic nitrogens is 2. The molecule has 1 aliphatic rings. The molecule has 24 heavy (non-hydrogen) atoms. The fourth-order valence-electron chi connectivity index (χ4n) is 3.10. The first kappa shape index (κ1) is 17.1. The maximum Gasteiger partial charge on any atom is 0.248 e. The zero-order chi connectivity index (χ0) is 17.0. The van der Waals surface area contributed by atoms with Gasteiger partial charge in [0.1, 0.15) is 11.4 Å². The lowest BCUT2D eigenvalue weighted by Crippen LogP contribution is -2.54. The summed E-state index contributed by atoms with van der Waals surface area (Å²) in [5.74, 6) is -0.288. The van der Waals surface area contributed by atoms with Crippen LogP contribution in [0.2, 0.25) is 0 Å². The largest absolute Gasteiger partial charge is 0.354 e. The number of amides is 1. The Hall–Kier alpha value is -1.73. The van der Waals surface area contributed by atoms with Gasteiger partial charge in [-0.15, -0.1) is 0 Å². The summed E-state index contributed by atoms with van der Waals surface area (Å²) < 4.78 is 15.5. The van der Waals surface area contributed by atoms with Gasteiger partial charge in [-0.05, 0) is 72.0 Å². The Balaban J connectivity index is 1.65. The molecule has 2 N–H and O–H groups in total. The lowest BCUT2D eigenvalue weighted by Gasteiger charge is -2.36. The van der Waals surface area contributed by atoms with Gasteiger partial charge in [-0.3, -0.25) is 9.48 Å².